The van der Waals surface area contributed by atoms with Gasteiger partial charge in [-0.1, -0.05) is 24.3 Å². The molecule has 2 rings (SSSR count). The molecule has 1 amide bonds. The Kier molecular flexibility index (Phi) is 3.20. The third-order valence-electron chi connectivity index (χ3n) is 2.87. The molecular weight excluding hydrogens is 214 g/mol. The number of fused-ring (bicyclic) bond motifs is 1. The lowest BCUT2D eigenvalue weighted by Gasteiger charge is -2.30. The second-order valence-electron chi connectivity index (χ2n) is 5.50. The minimum absolute atomic E-state index is 0.129. The van der Waals surface area contributed by atoms with Crippen LogP contribution in [0.3, 0.4) is 0 Å². The van der Waals surface area contributed by atoms with Gasteiger partial charge in [0.2, 0.25) is 6.41 Å². The van der Waals surface area contributed by atoms with E-state index in [1.807, 2.05) is 32.9 Å². The van der Waals surface area contributed by atoms with Crippen molar-refractivity contribution in [2.75, 3.05) is 0 Å². The van der Waals surface area contributed by atoms with Crippen LogP contribution in [0.15, 0.2) is 24.3 Å². The van der Waals surface area contributed by atoms with E-state index < -0.39 is 0 Å². The normalized spacial score (nSPS) is 15.7. The summed E-state index contributed by atoms with van der Waals surface area (Å²) in [7, 11) is 0. The van der Waals surface area contributed by atoms with Crippen LogP contribution >= 0.6 is 0 Å². The van der Waals surface area contributed by atoms with Gasteiger partial charge in [-0.3, -0.25) is 9.63 Å². The lowest BCUT2D eigenvalue weighted by Crippen LogP contribution is -2.40. The Hall–Kier alpha value is -1.35. The monoisotopic (exact) mass is 233 g/mol. The van der Waals surface area contributed by atoms with Crippen LogP contribution in [0.5, 0.6) is 0 Å². The number of nitrogens with zero attached hydrogens (tertiary/aromatic N) is 1. The molecule has 0 bridgehead atoms. The first kappa shape index (κ1) is 12.1. The van der Waals surface area contributed by atoms with E-state index in [2.05, 4.69) is 12.1 Å². The lowest BCUT2D eigenvalue weighted by molar-refractivity contribution is -0.231. The van der Waals surface area contributed by atoms with Gasteiger partial charge < -0.3 is 0 Å². The van der Waals surface area contributed by atoms with E-state index in [1.54, 1.807) is 0 Å². The minimum Gasteiger partial charge on any atom is -0.276 e. The van der Waals surface area contributed by atoms with Crippen molar-refractivity contribution in [1.29, 1.82) is 0 Å². The third-order valence-corrected chi connectivity index (χ3v) is 2.87. The topological polar surface area (TPSA) is 29.5 Å². The van der Waals surface area contributed by atoms with E-state index in [1.165, 1.54) is 16.2 Å². The number of hydroxylamine groups is 2. The van der Waals surface area contributed by atoms with Crippen molar-refractivity contribution in [2.45, 2.75) is 45.3 Å². The molecule has 3 nitrogen and oxygen atoms in total. The summed E-state index contributed by atoms with van der Waals surface area (Å²) in [5, 5.41) is 1.47. The van der Waals surface area contributed by atoms with E-state index in [9.17, 15) is 4.79 Å². The van der Waals surface area contributed by atoms with Gasteiger partial charge in [0.05, 0.1) is 11.6 Å². The maximum absolute atomic E-state index is 11.1. The van der Waals surface area contributed by atoms with Crippen molar-refractivity contribution in [3.05, 3.63) is 35.4 Å². The molecule has 0 fully saturated rings. The zero-order chi connectivity index (χ0) is 12.5. The Morgan fingerprint density at radius 1 is 1.24 bits per heavy atom. The predicted octanol–water partition coefficient (Wildman–Crippen LogP) is 2.34. The quantitative estimate of drug-likeness (QED) is 0.592. The van der Waals surface area contributed by atoms with Crippen molar-refractivity contribution >= 4 is 6.41 Å². The van der Waals surface area contributed by atoms with Gasteiger partial charge in [0, 0.05) is 0 Å². The van der Waals surface area contributed by atoms with Crippen LogP contribution < -0.4 is 0 Å². The Labute approximate surface area is 102 Å². The summed E-state index contributed by atoms with van der Waals surface area (Å²) in [5.74, 6) is 0. The van der Waals surface area contributed by atoms with E-state index in [0.717, 1.165) is 19.3 Å². The lowest BCUT2D eigenvalue weighted by atomic mass is 10.1. The molecule has 0 heterocycles. The molecule has 1 aromatic carbocycles. The second-order valence-corrected chi connectivity index (χ2v) is 5.50. The number of hydrogen-bond acceptors (Lipinski definition) is 2. The summed E-state index contributed by atoms with van der Waals surface area (Å²) in [4.78, 5) is 16.8. The molecule has 0 saturated carbocycles. The second kappa shape index (κ2) is 4.49. The number of rotatable bonds is 3. The number of carbonyl (C=O) groups excluding carboxylic acids is 1. The third kappa shape index (κ3) is 2.86. The number of carbonyl (C=O) groups is 1. The molecule has 0 spiro atoms. The SMILES string of the molecule is CC(C)(C)ON(C=O)C1Cc2ccccc2C1. The van der Waals surface area contributed by atoms with Gasteiger partial charge in [0.15, 0.2) is 0 Å². The highest BCUT2D eigenvalue weighted by Gasteiger charge is 2.29. The van der Waals surface area contributed by atoms with Gasteiger partial charge in [-0.25, -0.2) is 5.06 Å². The van der Waals surface area contributed by atoms with Gasteiger partial charge in [0.25, 0.3) is 0 Å². The van der Waals surface area contributed by atoms with Crippen LogP contribution in [-0.2, 0) is 22.5 Å². The van der Waals surface area contributed by atoms with Crippen molar-refractivity contribution < 1.29 is 9.63 Å². The zero-order valence-electron chi connectivity index (χ0n) is 10.6. The Morgan fingerprint density at radius 3 is 2.18 bits per heavy atom. The Morgan fingerprint density at radius 2 is 1.76 bits per heavy atom. The van der Waals surface area contributed by atoms with Crippen molar-refractivity contribution in [1.82, 2.24) is 5.06 Å². The van der Waals surface area contributed by atoms with E-state index in [4.69, 9.17) is 4.84 Å². The summed E-state index contributed by atoms with van der Waals surface area (Å²) < 4.78 is 0. The van der Waals surface area contributed by atoms with Crippen molar-refractivity contribution in [2.24, 2.45) is 0 Å². The standard InChI is InChI=1S/C14H19NO2/c1-14(2,3)17-15(10-16)13-8-11-6-4-5-7-12(11)9-13/h4-7,10,13H,8-9H2,1-3H3. The van der Waals surface area contributed by atoms with Crippen LogP contribution in [0.1, 0.15) is 31.9 Å². The first-order valence-corrected chi connectivity index (χ1v) is 5.99. The summed E-state index contributed by atoms with van der Waals surface area (Å²) in [5.41, 5.74) is 2.30. The molecule has 0 saturated heterocycles. The molecular formula is C14H19NO2. The summed E-state index contributed by atoms with van der Waals surface area (Å²) in [6.45, 7) is 5.85. The molecule has 1 aliphatic carbocycles. The molecule has 1 aromatic rings. The Balaban J connectivity index is 2.08. The molecule has 0 N–H and O–H groups in total. The maximum Gasteiger partial charge on any atom is 0.233 e. The fourth-order valence-corrected chi connectivity index (χ4v) is 2.21. The molecule has 3 heteroatoms. The largest absolute Gasteiger partial charge is 0.276 e. The number of benzene rings is 1. The van der Waals surface area contributed by atoms with Gasteiger partial charge in [-0.15, -0.1) is 0 Å². The van der Waals surface area contributed by atoms with Crippen LogP contribution in [0.2, 0.25) is 0 Å². The molecule has 1 aliphatic rings. The van der Waals surface area contributed by atoms with Crippen LogP contribution in [0.4, 0.5) is 0 Å². The summed E-state index contributed by atoms with van der Waals surface area (Å²) in [6.07, 6.45) is 2.55. The van der Waals surface area contributed by atoms with Gasteiger partial charge in [0.1, 0.15) is 0 Å². The van der Waals surface area contributed by atoms with Gasteiger partial charge in [-0.2, -0.15) is 0 Å². The van der Waals surface area contributed by atoms with E-state index in [0.29, 0.717) is 0 Å². The molecule has 0 unspecified atom stereocenters. The van der Waals surface area contributed by atoms with E-state index in [-0.39, 0.29) is 11.6 Å². The molecule has 0 aliphatic heterocycles. The Bertz CT molecular complexity index is 384. The number of hydrogen-bond donors (Lipinski definition) is 0. The average molecular weight is 233 g/mol. The van der Waals surface area contributed by atoms with Gasteiger partial charge in [-0.05, 0) is 44.7 Å². The molecule has 0 atom stereocenters. The molecule has 0 aromatic heterocycles. The first-order chi connectivity index (χ1) is 7.99. The zero-order valence-corrected chi connectivity index (χ0v) is 10.6. The first-order valence-electron chi connectivity index (χ1n) is 5.99. The fraction of sp³-hybridized carbons (Fsp3) is 0.500. The molecule has 0 radical (unpaired) electrons. The van der Waals surface area contributed by atoms with Crippen molar-refractivity contribution in [3.8, 4) is 0 Å². The molecule has 17 heavy (non-hydrogen) atoms. The minimum atomic E-state index is -0.338. The maximum atomic E-state index is 11.1. The van der Waals surface area contributed by atoms with Crippen LogP contribution in [0, 0.1) is 0 Å². The fourth-order valence-electron chi connectivity index (χ4n) is 2.21. The van der Waals surface area contributed by atoms with Crippen molar-refractivity contribution in [3.63, 3.8) is 0 Å². The summed E-state index contributed by atoms with van der Waals surface area (Å²) in [6, 6.07) is 8.45. The highest BCUT2D eigenvalue weighted by atomic mass is 16.7. The van der Waals surface area contributed by atoms with Gasteiger partial charge >= 0.3 is 0 Å². The smallest absolute Gasteiger partial charge is 0.233 e. The van der Waals surface area contributed by atoms with Crippen LogP contribution in [-0.4, -0.2) is 23.1 Å². The summed E-state index contributed by atoms with van der Waals surface area (Å²) >= 11 is 0. The highest BCUT2D eigenvalue weighted by Crippen LogP contribution is 2.26. The highest BCUT2D eigenvalue weighted by molar-refractivity contribution is 5.47. The predicted molar refractivity (Wildman–Crippen MR) is 66.4 cm³/mol. The average Bonchev–Trinajstić information content (AvgIpc) is 2.67. The number of amides is 1. The molecule has 92 valence electrons. The van der Waals surface area contributed by atoms with Crippen LogP contribution in [0.25, 0.3) is 0 Å². The van der Waals surface area contributed by atoms with E-state index >= 15 is 0 Å².